The number of urea groups is 1. The van der Waals surface area contributed by atoms with Crippen LogP contribution in [-0.2, 0) is 0 Å². The zero-order chi connectivity index (χ0) is 17.3. The maximum atomic E-state index is 12.5. The van der Waals surface area contributed by atoms with Crippen LogP contribution in [0.1, 0.15) is 30.7 Å². The Bertz CT molecular complexity index is 571. The molecule has 0 aromatic heterocycles. The maximum absolute atomic E-state index is 12.5. The summed E-state index contributed by atoms with van der Waals surface area (Å²) < 4.78 is 37.6. The van der Waals surface area contributed by atoms with E-state index in [2.05, 4.69) is 5.32 Å². The molecule has 1 aliphatic heterocycles. The monoisotopic (exact) mass is 342 g/mol. The van der Waals surface area contributed by atoms with Crippen molar-refractivity contribution in [3.05, 3.63) is 35.9 Å². The average Bonchev–Trinajstić information content (AvgIpc) is 3.33. The molecular formula is C17H21F3N2O2. The molecule has 1 aliphatic carbocycles. The van der Waals surface area contributed by atoms with Crippen LogP contribution in [0.25, 0.3) is 0 Å². The molecule has 0 radical (unpaired) electrons. The Labute approximate surface area is 138 Å². The van der Waals surface area contributed by atoms with Gasteiger partial charge in [0, 0.05) is 25.0 Å². The first-order chi connectivity index (χ1) is 11.4. The van der Waals surface area contributed by atoms with Crippen LogP contribution in [0.2, 0.25) is 0 Å². The highest BCUT2D eigenvalue weighted by Gasteiger charge is 2.45. The fraction of sp³-hybridized carbons (Fsp3) is 0.588. The van der Waals surface area contributed by atoms with E-state index in [1.54, 1.807) is 4.90 Å². The van der Waals surface area contributed by atoms with Crippen LogP contribution < -0.4 is 5.32 Å². The van der Waals surface area contributed by atoms with Crippen molar-refractivity contribution >= 4 is 6.03 Å². The molecule has 1 aromatic carbocycles. The lowest BCUT2D eigenvalue weighted by Crippen LogP contribution is -2.48. The molecule has 2 N–H and O–H groups in total. The summed E-state index contributed by atoms with van der Waals surface area (Å²) in [4.78, 5) is 13.8. The van der Waals surface area contributed by atoms with Gasteiger partial charge in [-0.3, -0.25) is 0 Å². The highest BCUT2D eigenvalue weighted by molar-refractivity contribution is 5.75. The second-order valence-electron chi connectivity index (χ2n) is 6.62. The molecule has 2 aliphatic rings. The quantitative estimate of drug-likeness (QED) is 0.887. The van der Waals surface area contributed by atoms with Gasteiger partial charge in [-0.25, -0.2) is 4.79 Å². The minimum atomic E-state index is -4.59. The van der Waals surface area contributed by atoms with Crippen molar-refractivity contribution < 1.29 is 23.1 Å². The maximum Gasteiger partial charge on any atom is 0.414 e. The number of hydrogen-bond donors (Lipinski definition) is 2. The molecule has 132 valence electrons. The minimum absolute atomic E-state index is 0.0957. The lowest BCUT2D eigenvalue weighted by atomic mass is 9.91. The van der Waals surface area contributed by atoms with Gasteiger partial charge in [-0.1, -0.05) is 30.3 Å². The summed E-state index contributed by atoms with van der Waals surface area (Å²) in [6, 6.07) is 9.80. The smallest absolute Gasteiger partial charge is 0.383 e. The van der Waals surface area contributed by atoms with Crippen LogP contribution in [-0.4, -0.2) is 47.4 Å². The third-order valence-corrected chi connectivity index (χ3v) is 4.94. The Morgan fingerprint density at radius 1 is 1.21 bits per heavy atom. The van der Waals surface area contributed by atoms with E-state index in [1.165, 1.54) is 5.56 Å². The number of nitrogens with zero attached hydrogens (tertiary/aromatic N) is 1. The van der Waals surface area contributed by atoms with Crippen molar-refractivity contribution in [2.75, 3.05) is 13.1 Å². The average molecular weight is 342 g/mol. The van der Waals surface area contributed by atoms with Gasteiger partial charge in [-0.2, -0.15) is 13.2 Å². The van der Waals surface area contributed by atoms with Crippen molar-refractivity contribution in [2.24, 2.45) is 5.92 Å². The normalized spacial score (nSPS) is 26.1. The van der Waals surface area contributed by atoms with E-state index in [0.29, 0.717) is 5.92 Å². The molecule has 24 heavy (non-hydrogen) atoms. The molecule has 2 fully saturated rings. The van der Waals surface area contributed by atoms with Gasteiger partial charge in [-0.15, -0.1) is 0 Å². The number of nitrogens with one attached hydrogen (secondary N) is 1. The largest absolute Gasteiger partial charge is 0.414 e. The van der Waals surface area contributed by atoms with Gasteiger partial charge >= 0.3 is 12.2 Å². The molecule has 2 amide bonds. The van der Waals surface area contributed by atoms with Crippen LogP contribution in [0.3, 0.4) is 0 Å². The van der Waals surface area contributed by atoms with Crippen molar-refractivity contribution in [3.8, 4) is 0 Å². The van der Waals surface area contributed by atoms with E-state index in [4.69, 9.17) is 0 Å². The number of carbonyl (C=O) groups is 1. The van der Waals surface area contributed by atoms with Gasteiger partial charge in [0.05, 0.1) is 0 Å². The molecule has 1 heterocycles. The van der Waals surface area contributed by atoms with Gasteiger partial charge in [-0.05, 0) is 30.7 Å². The summed E-state index contributed by atoms with van der Waals surface area (Å²) in [7, 11) is 0. The summed E-state index contributed by atoms with van der Waals surface area (Å²) >= 11 is 0. The molecule has 0 bridgehead atoms. The molecule has 1 saturated carbocycles. The van der Waals surface area contributed by atoms with Crippen molar-refractivity contribution in [1.29, 1.82) is 0 Å². The van der Waals surface area contributed by atoms with Crippen molar-refractivity contribution in [1.82, 2.24) is 10.2 Å². The number of aliphatic hydroxyl groups excluding tert-OH is 1. The van der Waals surface area contributed by atoms with Gasteiger partial charge < -0.3 is 15.3 Å². The Morgan fingerprint density at radius 2 is 1.83 bits per heavy atom. The molecule has 3 atom stereocenters. The first-order valence-corrected chi connectivity index (χ1v) is 8.21. The van der Waals surface area contributed by atoms with E-state index < -0.39 is 18.2 Å². The molecule has 7 heteroatoms. The van der Waals surface area contributed by atoms with E-state index in [9.17, 15) is 23.1 Å². The third kappa shape index (κ3) is 3.83. The van der Waals surface area contributed by atoms with Crippen LogP contribution in [0.5, 0.6) is 0 Å². The van der Waals surface area contributed by atoms with Crippen LogP contribution >= 0.6 is 0 Å². The summed E-state index contributed by atoms with van der Waals surface area (Å²) in [5, 5.41) is 12.3. The second kappa shape index (κ2) is 6.63. The standard InChI is InChI=1S/C17H21F3N2O2/c18-17(19,20)15(23)12-6-8-22(9-7-12)16(24)21-14-10-13(14)11-4-2-1-3-5-11/h1-5,12-15,23H,6-10H2,(H,21,24). The molecule has 4 nitrogen and oxygen atoms in total. The number of likely N-dealkylation sites (tertiary alicyclic amines) is 1. The van der Waals surface area contributed by atoms with Crippen molar-refractivity contribution in [3.63, 3.8) is 0 Å². The van der Waals surface area contributed by atoms with Gasteiger partial charge in [0.25, 0.3) is 0 Å². The number of piperidine rings is 1. The predicted octanol–water partition coefficient (Wildman–Crippen LogP) is 2.89. The molecule has 1 aromatic rings. The summed E-state index contributed by atoms with van der Waals surface area (Å²) in [5.41, 5.74) is 1.19. The Hall–Kier alpha value is -1.76. The number of carbonyl (C=O) groups excluding carboxylic acids is 1. The summed E-state index contributed by atoms with van der Waals surface area (Å²) in [6.07, 6.45) is -5.67. The molecule has 1 saturated heterocycles. The lowest BCUT2D eigenvalue weighted by molar-refractivity contribution is -0.222. The Balaban J connectivity index is 1.45. The van der Waals surface area contributed by atoms with Crippen LogP contribution in [0.4, 0.5) is 18.0 Å². The molecule has 0 spiro atoms. The number of aliphatic hydroxyl groups is 1. The minimum Gasteiger partial charge on any atom is -0.383 e. The van der Waals surface area contributed by atoms with E-state index >= 15 is 0 Å². The van der Waals surface area contributed by atoms with E-state index in [1.807, 2.05) is 30.3 Å². The summed E-state index contributed by atoms with van der Waals surface area (Å²) in [6.45, 7) is 0.485. The molecular weight excluding hydrogens is 321 g/mol. The SMILES string of the molecule is O=C(NC1CC1c1ccccc1)N1CCC(C(O)C(F)(F)F)CC1. The fourth-order valence-corrected chi connectivity index (χ4v) is 3.36. The zero-order valence-electron chi connectivity index (χ0n) is 13.2. The number of amides is 2. The van der Waals surface area contributed by atoms with Crippen molar-refractivity contribution in [2.45, 2.75) is 43.5 Å². The highest BCUT2D eigenvalue weighted by Crippen LogP contribution is 2.40. The first kappa shape index (κ1) is 17.1. The van der Waals surface area contributed by atoms with Crippen LogP contribution in [0.15, 0.2) is 30.3 Å². The Kier molecular flexibility index (Phi) is 4.71. The topological polar surface area (TPSA) is 52.6 Å². The number of benzene rings is 1. The molecule has 3 rings (SSSR count). The third-order valence-electron chi connectivity index (χ3n) is 4.94. The summed E-state index contributed by atoms with van der Waals surface area (Å²) in [5.74, 6) is -0.508. The van der Waals surface area contributed by atoms with E-state index in [-0.39, 0.29) is 38.0 Å². The zero-order valence-corrected chi connectivity index (χ0v) is 13.2. The fourth-order valence-electron chi connectivity index (χ4n) is 3.36. The van der Waals surface area contributed by atoms with Gasteiger partial charge in [0.15, 0.2) is 6.10 Å². The number of halogens is 3. The Morgan fingerprint density at radius 3 is 2.42 bits per heavy atom. The van der Waals surface area contributed by atoms with Gasteiger partial charge in [0.1, 0.15) is 0 Å². The first-order valence-electron chi connectivity index (χ1n) is 8.21. The highest BCUT2D eigenvalue weighted by atomic mass is 19.4. The molecule has 3 unspecified atom stereocenters. The predicted molar refractivity (Wildman–Crippen MR) is 82.5 cm³/mol. The van der Waals surface area contributed by atoms with E-state index in [0.717, 1.165) is 6.42 Å². The second-order valence-corrected chi connectivity index (χ2v) is 6.62. The number of hydrogen-bond acceptors (Lipinski definition) is 2. The number of alkyl halides is 3. The van der Waals surface area contributed by atoms with Crippen LogP contribution in [0, 0.1) is 5.92 Å². The lowest BCUT2D eigenvalue weighted by Gasteiger charge is -2.34. The number of rotatable bonds is 3. The van der Waals surface area contributed by atoms with Gasteiger partial charge in [0.2, 0.25) is 0 Å².